The van der Waals surface area contributed by atoms with Crippen molar-refractivity contribution in [3.63, 3.8) is 0 Å². The molecule has 5 atom stereocenters. The van der Waals surface area contributed by atoms with Gasteiger partial charge in [0.15, 0.2) is 0 Å². The molecule has 3 saturated heterocycles. The van der Waals surface area contributed by atoms with Gasteiger partial charge in [0.2, 0.25) is 0 Å². The van der Waals surface area contributed by atoms with Crippen LogP contribution in [0.3, 0.4) is 0 Å². The summed E-state index contributed by atoms with van der Waals surface area (Å²) < 4.78 is 51.3. The summed E-state index contributed by atoms with van der Waals surface area (Å²) in [5, 5.41) is 24.3. The number of sulfonamides is 2. The number of carbonyl (C=O) groups excluding carboxylic acids is 2. The van der Waals surface area contributed by atoms with Gasteiger partial charge in [0.25, 0.3) is 0 Å². The van der Waals surface area contributed by atoms with Crippen molar-refractivity contribution >= 4 is 31.9 Å². The van der Waals surface area contributed by atoms with Gasteiger partial charge in [0, 0.05) is 42.1 Å². The van der Waals surface area contributed by atoms with Crippen LogP contribution < -0.4 is 0 Å². The van der Waals surface area contributed by atoms with Crippen molar-refractivity contribution in [1.82, 2.24) is 0 Å². The van der Waals surface area contributed by atoms with Crippen LogP contribution in [0.15, 0.2) is 23.9 Å². The molecule has 0 aromatic heterocycles. The maximum atomic E-state index is 11.2. The van der Waals surface area contributed by atoms with Gasteiger partial charge >= 0.3 is 0 Å². The molecule has 5 fully saturated rings. The molecule has 15 heteroatoms. The predicted octanol–water partition coefficient (Wildman–Crippen LogP) is 3.29. The second-order valence-corrected chi connectivity index (χ2v) is 14.2. The first-order valence-electron chi connectivity index (χ1n) is 14.0. The van der Waals surface area contributed by atoms with Crippen LogP contribution in [0.2, 0.25) is 0 Å². The molecule has 6 rings (SSSR count). The molecular formula is C26H40CuN4O8S2-4. The number of aliphatic hydroxyl groups is 2. The van der Waals surface area contributed by atoms with Gasteiger partial charge in [-0.25, -0.2) is 16.8 Å². The van der Waals surface area contributed by atoms with Gasteiger partial charge in [0.1, 0.15) is 0 Å². The van der Waals surface area contributed by atoms with Crippen molar-refractivity contribution in [3.8, 4) is 0 Å². The third kappa shape index (κ3) is 10.3. The number of hydrogen-bond acceptors (Lipinski definition) is 8. The molecule has 1 radical (unpaired) electrons. The van der Waals surface area contributed by atoms with Crippen molar-refractivity contribution in [2.24, 2.45) is 11.8 Å². The van der Waals surface area contributed by atoms with Crippen molar-refractivity contribution in [3.05, 3.63) is 44.0 Å². The summed E-state index contributed by atoms with van der Waals surface area (Å²) in [7, 11) is -6.84. The number of carbonyl (C=O) groups is 2. The Morgan fingerprint density at radius 1 is 0.756 bits per heavy atom. The van der Waals surface area contributed by atoms with E-state index in [1.54, 1.807) is 0 Å². The Morgan fingerprint density at radius 2 is 1.27 bits per heavy atom. The molecule has 4 aliphatic heterocycles. The molecule has 2 aliphatic carbocycles. The summed E-state index contributed by atoms with van der Waals surface area (Å²) in [4.78, 5) is 22.2. The molecule has 5 unspecified atom stereocenters. The summed E-state index contributed by atoms with van der Waals surface area (Å²) in [5.74, 6) is -1.47. The summed E-state index contributed by atoms with van der Waals surface area (Å²) in [6.45, 7) is 1.99. The Labute approximate surface area is 254 Å². The molecule has 6 aliphatic rings. The molecule has 0 spiro atoms. The fourth-order valence-corrected chi connectivity index (χ4v) is 8.87. The van der Waals surface area contributed by atoms with Crippen LogP contribution in [0.5, 0.6) is 0 Å². The third-order valence-corrected chi connectivity index (χ3v) is 11.3. The Balaban J connectivity index is 0.000000193. The van der Waals surface area contributed by atoms with Crippen molar-refractivity contribution < 1.29 is 53.7 Å². The second kappa shape index (κ2) is 17.0. The summed E-state index contributed by atoms with van der Waals surface area (Å²) in [6.07, 6.45) is 15.6. The van der Waals surface area contributed by atoms with Crippen LogP contribution in [0.1, 0.15) is 70.6 Å². The van der Waals surface area contributed by atoms with E-state index in [0.717, 1.165) is 44.3 Å². The van der Waals surface area contributed by atoms with E-state index in [1.807, 2.05) is 18.2 Å². The Kier molecular flexibility index (Phi) is 14.8. The van der Waals surface area contributed by atoms with Gasteiger partial charge in [0.05, 0.1) is 42.4 Å². The monoisotopic (exact) mass is 663 g/mol. The minimum Gasteiger partial charge on any atom is -0.683 e. The first kappa shape index (κ1) is 35.7. The van der Waals surface area contributed by atoms with Gasteiger partial charge in [-0.1, -0.05) is 57.1 Å². The number of fused-ring (bicyclic) bond motifs is 2. The normalized spacial score (nSPS) is 32.0. The Hall–Kier alpha value is -1.48. The topological polar surface area (TPSA) is 199 Å². The second-order valence-electron chi connectivity index (χ2n) is 10.6. The van der Waals surface area contributed by atoms with E-state index in [9.17, 15) is 26.4 Å². The molecule has 2 amide bonds. The quantitative estimate of drug-likeness (QED) is 0.419. The smallest absolute Gasteiger partial charge is 0.0993 e. The van der Waals surface area contributed by atoms with Gasteiger partial charge in [-0.3, -0.25) is 0 Å². The zero-order chi connectivity index (χ0) is 29.2. The summed E-state index contributed by atoms with van der Waals surface area (Å²) >= 11 is 0. The van der Waals surface area contributed by atoms with Crippen molar-refractivity contribution in [2.75, 3.05) is 26.3 Å². The van der Waals surface area contributed by atoms with Gasteiger partial charge in [-0.2, -0.15) is 0 Å². The van der Waals surface area contributed by atoms with Gasteiger partial charge in [-0.05, 0) is 25.7 Å². The number of hydrogen-bond donors (Lipinski definition) is 2. The first-order valence-corrected chi connectivity index (χ1v) is 17.0. The van der Waals surface area contributed by atoms with E-state index in [-0.39, 0.29) is 48.2 Å². The zero-order valence-electron chi connectivity index (χ0n) is 23.0. The van der Waals surface area contributed by atoms with Crippen LogP contribution in [0.4, 0.5) is 0 Å². The molecular weight excluding hydrogens is 624 g/mol. The third-order valence-electron chi connectivity index (χ3n) is 7.77. The summed E-state index contributed by atoms with van der Waals surface area (Å²) in [5.41, 5.74) is 0.771. The number of amides is 2. The maximum Gasteiger partial charge on any atom is 0.0993 e. The average molecular weight is 664 g/mol. The maximum absolute atomic E-state index is 11.2. The molecule has 2 saturated carbocycles. The van der Waals surface area contributed by atoms with Crippen LogP contribution >= 0.6 is 0 Å². The predicted molar refractivity (Wildman–Crippen MR) is 152 cm³/mol. The Morgan fingerprint density at radius 3 is 1.61 bits per heavy atom. The number of aliphatic hydroxyl groups excluding tert-OH is 2. The number of allylic oxidation sites excluding steroid dienone is 2. The first-order chi connectivity index (χ1) is 19.1. The molecule has 4 heterocycles. The van der Waals surface area contributed by atoms with E-state index in [4.69, 9.17) is 10.2 Å². The van der Waals surface area contributed by atoms with Crippen molar-refractivity contribution in [2.45, 2.75) is 87.2 Å². The average Bonchev–Trinajstić information content (AvgIpc) is 3.36. The van der Waals surface area contributed by atoms with Crippen molar-refractivity contribution in [1.29, 1.82) is 0 Å². The van der Waals surface area contributed by atoms with E-state index in [1.165, 1.54) is 12.8 Å². The molecule has 239 valence electrons. The van der Waals surface area contributed by atoms with Crippen LogP contribution in [0, 0.1) is 11.8 Å². The molecule has 41 heavy (non-hydrogen) atoms. The van der Waals surface area contributed by atoms with Crippen LogP contribution in [-0.4, -0.2) is 81.7 Å². The number of rotatable bonds is 2. The molecule has 12 nitrogen and oxygen atoms in total. The fourth-order valence-electron chi connectivity index (χ4n) is 5.56. The van der Waals surface area contributed by atoms with Crippen LogP contribution in [-0.2, 0) is 46.7 Å². The molecule has 0 bridgehead atoms. The standard InChI is InChI=1S/2C7H11NO3S.C6H12NO.C6H8NO.Cu/c2*9-7-5-3-1-2-4-6(5)12(10,11)8-7;2*8-5-6-3-1-2-4-7-6;/h2*5-6H,1-4H2,(H,8,9);6,8H,1-5H2;1-3,8H,4-5H2;/q;;2*-1;/p-2. The molecule has 0 aromatic carbocycles. The largest absolute Gasteiger partial charge is 0.683 e. The Bertz CT molecular complexity index is 1080. The van der Waals surface area contributed by atoms with E-state index in [2.05, 4.69) is 20.1 Å². The van der Waals surface area contributed by atoms with E-state index in [0.29, 0.717) is 32.2 Å². The zero-order valence-corrected chi connectivity index (χ0v) is 25.6. The fraction of sp³-hybridized carbons (Fsp3) is 0.769. The van der Waals surface area contributed by atoms with E-state index >= 15 is 0 Å². The van der Waals surface area contributed by atoms with Gasteiger partial charge in [-0.15, -0.1) is 30.9 Å². The summed E-state index contributed by atoms with van der Waals surface area (Å²) in [6, 6.07) is 0.267. The number of nitrogens with zero attached hydrogens (tertiary/aromatic N) is 4. The molecule has 0 aromatic rings. The minimum atomic E-state index is -3.42. The van der Waals surface area contributed by atoms with Gasteiger partial charge < -0.3 is 39.9 Å². The van der Waals surface area contributed by atoms with Crippen LogP contribution in [0.25, 0.3) is 20.1 Å². The molecule has 2 N–H and O–H groups in total. The number of piperidine rings is 1. The SMILES string of the molecule is O=C1[N-]S(=O)(=O)C2CCCCC12.O=C1[N-]S(=O)(=O)C2CCCCC12.OCC1=CC=CC[N-]1.OCC1CCCC[N-]1.[Cu]. The minimum absolute atomic E-state index is 0. The van der Waals surface area contributed by atoms with E-state index < -0.39 is 42.4 Å².